The molecule has 2 aromatic rings. The Balaban J connectivity index is 1.54. The molecule has 0 unspecified atom stereocenters. The van der Waals surface area contributed by atoms with E-state index in [2.05, 4.69) is 20.2 Å². The minimum Gasteiger partial charge on any atom is -0.465 e. The highest BCUT2D eigenvalue weighted by atomic mass is 19.1. The second kappa shape index (κ2) is 7.92. The molecule has 3 rings (SSSR count). The quantitative estimate of drug-likeness (QED) is 0.871. The molecule has 6 nitrogen and oxygen atoms in total. The number of rotatable bonds is 5. The maximum atomic E-state index is 13.3. The minimum absolute atomic E-state index is 0.360. The molecule has 0 bridgehead atoms. The van der Waals surface area contributed by atoms with Gasteiger partial charge >= 0.3 is 6.09 Å². The number of anilines is 1. The van der Waals surface area contributed by atoms with Gasteiger partial charge in [0.2, 0.25) is 0 Å². The van der Waals surface area contributed by atoms with Gasteiger partial charge in [-0.1, -0.05) is 0 Å². The first-order valence-electron chi connectivity index (χ1n) is 8.40. The van der Waals surface area contributed by atoms with Crippen LogP contribution < -0.4 is 10.2 Å². The van der Waals surface area contributed by atoms with Crippen molar-refractivity contribution >= 4 is 11.9 Å². The lowest BCUT2D eigenvalue weighted by atomic mass is 9.93. The van der Waals surface area contributed by atoms with Gasteiger partial charge in [0.15, 0.2) is 0 Å². The van der Waals surface area contributed by atoms with Gasteiger partial charge in [-0.15, -0.1) is 0 Å². The summed E-state index contributed by atoms with van der Waals surface area (Å²) in [5.74, 6) is 1.09. The molecule has 1 saturated heterocycles. The van der Waals surface area contributed by atoms with E-state index in [1.807, 2.05) is 12.1 Å². The molecular weight excluding hydrogens is 323 g/mol. The van der Waals surface area contributed by atoms with Crippen molar-refractivity contribution in [2.45, 2.75) is 19.3 Å². The summed E-state index contributed by atoms with van der Waals surface area (Å²) in [7, 11) is 0. The predicted molar refractivity (Wildman–Crippen MR) is 93.0 cm³/mol. The van der Waals surface area contributed by atoms with Crippen molar-refractivity contribution in [2.24, 2.45) is 5.92 Å². The highest BCUT2D eigenvalue weighted by molar-refractivity contribution is 5.64. The van der Waals surface area contributed by atoms with Crippen LogP contribution in [0.1, 0.15) is 19.3 Å². The number of nitrogens with one attached hydrogen (secondary N) is 1. The number of aromatic nitrogens is 2. The molecule has 0 radical (unpaired) electrons. The standard InChI is InChI=1S/C18H21FN4O2/c19-16-9-15(10-20-12-16)14-1-2-17(22-11-14)23-7-4-13(5-8-23)3-6-21-18(24)25/h1-2,9-13,21H,3-8H2,(H,24,25). The molecule has 1 aliphatic rings. The second-order valence-corrected chi connectivity index (χ2v) is 6.25. The first kappa shape index (κ1) is 17.1. The summed E-state index contributed by atoms with van der Waals surface area (Å²) in [5, 5.41) is 11.0. The maximum Gasteiger partial charge on any atom is 0.404 e. The van der Waals surface area contributed by atoms with Gasteiger partial charge in [0.1, 0.15) is 11.6 Å². The third kappa shape index (κ3) is 4.65. The fourth-order valence-electron chi connectivity index (χ4n) is 3.15. The van der Waals surface area contributed by atoms with E-state index in [0.717, 1.165) is 43.7 Å². The van der Waals surface area contributed by atoms with Crippen molar-refractivity contribution in [2.75, 3.05) is 24.5 Å². The highest BCUT2D eigenvalue weighted by Gasteiger charge is 2.20. The molecule has 0 spiro atoms. The summed E-state index contributed by atoms with van der Waals surface area (Å²) >= 11 is 0. The van der Waals surface area contributed by atoms with Gasteiger partial charge in [0.25, 0.3) is 0 Å². The van der Waals surface area contributed by atoms with Crippen LogP contribution in [0.3, 0.4) is 0 Å². The van der Waals surface area contributed by atoms with E-state index < -0.39 is 6.09 Å². The Morgan fingerprint density at radius 1 is 1.24 bits per heavy atom. The predicted octanol–water partition coefficient (Wildman–Crippen LogP) is 3.16. The molecule has 0 aliphatic carbocycles. The molecule has 132 valence electrons. The smallest absolute Gasteiger partial charge is 0.404 e. The lowest BCUT2D eigenvalue weighted by Gasteiger charge is -2.32. The van der Waals surface area contributed by atoms with E-state index in [1.165, 1.54) is 12.3 Å². The summed E-state index contributed by atoms with van der Waals surface area (Å²) in [4.78, 5) is 21.1. The monoisotopic (exact) mass is 344 g/mol. The van der Waals surface area contributed by atoms with Crippen LogP contribution in [0.2, 0.25) is 0 Å². The number of pyridine rings is 2. The molecule has 1 aliphatic heterocycles. The lowest BCUT2D eigenvalue weighted by Crippen LogP contribution is -2.35. The average molecular weight is 344 g/mol. The fourth-order valence-corrected chi connectivity index (χ4v) is 3.15. The molecule has 25 heavy (non-hydrogen) atoms. The van der Waals surface area contributed by atoms with Crippen LogP contribution in [0.15, 0.2) is 36.8 Å². The Bertz CT molecular complexity index is 715. The normalized spacial score (nSPS) is 15.2. The fraction of sp³-hybridized carbons (Fsp3) is 0.389. The Morgan fingerprint density at radius 3 is 2.68 bits per heavy atom. The molecule has 1 fully saturated rings. The third-order valence-electron chi connectivity index (χ3n) is 4.55. The lowest BCUT2D eigenvalue weighted by molar-refractivity contribution is 0.193. The van der Waals surface area contributed by atoms with E-state index in [-0.39, 0.29) is 5.82 Å². The molecule has 7 heteroatoms. The van der Waals surface area contributed by atoms with Crippen LogP contribution >= 0.6 is 0 Å². The second-order valence-electron chi connectivity index (χ2n) is 6.25. The Labute approximate surface area is 145 Å². The van der Waals surface area contributed by atoms with Crippen LogP contribution in [0.5, 0.6) is 0 Å². The Morgan fingerprint density at radius 2 is 2.04 bits per heavy atom. The molecule has 0 saturated carbocycles. The van der Waals surface area contributed by atoms with Gasteiger partial charge in [0, 0.05) is 43.2 Å². The molecule has 2 aromatic heterocycles. The van der Waals surface area contributed by atoms with E-state index in [4.69, 9.17) is 5.11 Å². The van der Waals surface area contributed by atoms with Gasteiger partial charge in [-0.05, 0) is 43.4 Å². The number of piperidine rings is 1. The van der Waals surface area contributed by atoms with Crippen molar-refractivity contribution in [1.82, 2.24) is 15.3 Å². The number of hydrogen-bond acceptors (Lipinski definition) is 4. The molecule has 0 atom stereocenters. The van der Waals surface area contributed by atoms with Crippen LogP contribution in [0.25, 0.3) is 11.1 Å². The first-order chi connectivity index (χ1) is 12.1. The maximum absolute atomic E-state index is 13.3. The van der Waals surface area contributed by atoms with Crippen LogP contribution in [0, 0.1) is 11.7 Å². The molecule has 2 N–H and O–H groups in total. The summed E-state index contributed by atoms with van der Waals surface area (Å²) in [5.41, 5.74) is 1.55. The van der Waals surface area contributed by atoms with Gasteiger partial charge in [-0.3, -0.25) is 4.98 Å². The van der Waals surface area contributed by atoms with E-state index in [9.17, 15) is 9.18 Å². The molecule has 0 aromatic carbocycles. The Kier molecular flexibility index (Phi) is 5.42. The van der Waals surface area contributed by atoms with Crippen LogP contribution in [-0.2, 0) is 0 Å². The third-order valence-corrected chi connectivity index (χ3v) is 4.55. The van der Waals surface area contributed by atoms with E-state index in [1.54, 1.807) is 12.4 Å². The summed E-state index contributed by atoms with van der Waals surface area (Å²) in [6.45, 7) is 2.33. The van der Waals surface area contributed by atoms with E-state index >= 15 is 0 Å². The van der Waals surface area contributed by atoms with Crippen molar-refractivity contribution < 1.29 is 14.3 Å². The van der Waals surface area contributed by atoms with Gasteiger partial charge in [-0.2, -0.15) is 0 Å². The van der Waals surface area contributed by atoms with Crippen molar-refractivity contribution in [3.63, 3.8) is 0 Å². The van der Waals surface area contributed by atoms with Crippen molar-refractivity contribution in [3.8, 4) is 11.1 Å². The first-order valence-corrected chi connectivity index (χ1v) is 8.40. The Hall–Kier alpha value is -2.70. The zero-order chi connectivity index (χ0) is 17.6. The number of hydrogen-bond donors (Lipinski definition) is 2. The number of halogens is 1. The average Bonchev–Trinajstić information content (AvgIpc) is 2.62. The molecule has 1 amide bonds. The van der Waals surface area contributed by atoms with Gasteiger partial charge < -0.3 is 15.3 Å². The molecular formula is C18H21FN4O2. The minimum atomic E-state index is -0.963. The van der Waals surface area contributed by atoms with Crippen molar-refractivity contribution in [3.05, 3.63) is 42.6 Å². The topological polar surface area (TPSA) is 78.4 Å². The number of amides is 1. The number of carboxylic acid groups (broad SMARTS) is 1. The van der Waals surface area contributed by atoms with Crippen LogP contribution in [-0.4, -0.2) is 40.8 Å². The summed E-state index contributed by atoms with van der Waals surface area (Å²) in [6, 6.07) is 5.33. The zero-order valence-corrected chi connectivity index (χ0v) is 13.9. The largest absolute Gasteiger partial charge is 0.465 e. The highest BCUT2D eigenvalue weighted by Crippen LogP contribution is 2.25. The van der Waals surface area contributed by atoms with Crippen molar-refractivity contribution in [1.29, 1.82) is 0 Å². The zero-order valence-electron chi connectivity index (χ0n) is 13.9. The van der Waals surface area contributed by atoms with Crippen LogP contribution in [0.4, 0.5) is 15.0 Å². The summed E-state index contributed by atoms with van der Waals surface area (Å²) in [6.07, 6.45) is 6.51. The summed E-state index contributed by atoms with van der Waals surface area (Å²) < 4.78 is 13.3. The van der Waals surface area contributed by atoms with Gasteiger partial charge in [0.05, 0.1) is 6.20 Å². The SMILES string of the molecule is O=C(O)NCCC1CCN(c2ccc(-c3cncc(F)c3)cn2)CC1. The van der Waals surface area contributed by atoms with Gasteiger partial charge in [-0.25, -0.2) is 14.2 Å². The number of nitrogens with zero attached hydrogens (tertiary/aromatic N) is 3. The number of carbonyl (C=O) groups is 1. The van der Waals surface area contributed by atoms with E-state index in [0.29, 0.717) is 18.0 Å². The molecule has 3 heterocycles.